The number of hydrogen-bond acceptors (Lipinski definition) is 2. The van der Waals surface area contributed by atoms with Gasteiger partial charge in [0.05, 0.1) is 6.26 Å². The number of rotatable bonds is 3. The van der Waals surface area contributed by atoms with Crippen molar-refractivity contribution in [2.45, 2.75) is 12.5 Å². The second-order valence-electron chi connectivity index (χ2n) is 2.06. The van der Waals surface area contributed by atoms with Gasteiger partial charge in [-0.05, 0) is 18.6 Å². The average Bonchev–Trinajstić information content (AvgIpc) is 2.38. The summed E-state index contributed by atoms with van der Waals surface area (Å²) < 4.78 is 4.95. The van der Waals surface area contributed by atoms with Crippen LogP contribution in [0.15, 0.2) is 35.5 Å². The van der Waals surface area contributed by atoms with Crippen LogP contribution in [0.2, 0.25) is 0 Å². The monoisotopic (exact) mass is 138 g/mol. The normalized spacial score (nSPS) is 12.9. The van der Waals surface area contributed by atoms with E-state index in [2.05, 4.69) is 6.58 Å². The maximum Gasteiger partial charge on any atom is 0.132 e. The minimum absolute atomic E-state index is 0.535. The third-order valence-electron chi connectivity index (χ3n) is 1.26. The summed E-state index contributed by atoms with van der Waals surface area (Å²) >= 11 is 0. The first-order chi connectivity index (χ1) is 4.84. The summed E-state index contributed by atoms with van der Waals surface area (Å²) in [5.41, 5.74) is 0. The standard InChI is InChI=1S/C8H10O2/c1-2-4-7(9)8-5-3-6-10-8/h2-3,5-7,9H,1,4H2/t7-/m1/s1. The van der Waals surface area contributed by atoms with E-state index in [1.54, 1.807) is 24.5 Å². The second-order valence-corrected chi connectivity index (χ2v) is 2.06. The Morgan fingerprint density at radius 2 is 2.60 bits per heavy atom. The van der Waals surface area contributed by atoms with Gasteiger partial charge in [-0.2, -0.15) is 0 Å². The zero-order valence-corrected chi connectivity index (χ0v) is 5.66. The summed E-state index contributed by atoms with van der Waals surface area (Å²) in [6.07, 6.45) is 3.20. The molecule has 0 aromatic carbocycles. The van der Waals surface area contributed by atoms with Crippen LogP contribution >= 0.6 is 0 Å². The van der Waals surface area contributed by atoms with Gasteiger partial charge in [0.1, 0.15) is 11.9 Å². The van der Waals surface area contributed by atoms with Crippen LogP contribution in [0.1, 0.15) is 18.3 Å². The van der Waals surface area contributed by atoms with Crippen molar-refractivity contribution in [3.05, 3.63) is 36.8 Å². The van der Waals surface area contributed by atoms with Crippen LogP contribution < -0.4 is 0 Å². The van der Waals surface area contributed by atoms with Gasteiger partial charge in [0.15, 0.2) is 0 Å². The van der Waals surface area contributed by atoms with Crippen molar-refractivity contribution in [2.75, 3.05) is 0 Å². The quantitative estimate of drug-likeness (QED) is 0.647. The molecule has 2 heteroatoms. The third kappa shape index (κ3) is 1.48. The Morgan fingerprint density at radius 3 is 3.10 bits per heavy atom. The Labute approximate surface area is 59.8 Å². The van der Waals surface area contributed by atoms with Gasteiger partial charge >= 0.3 is 0 Å². The molecule has 0 spiro atoms. The number of furan rings is 1. The Bertz CT molecular complexity index is 189. The topological polar surface area (TPSA) is 33.4 Å². The molecule has 0 saturated heterocycles. The van der Waals surface area contributed by atoms with E-state index < -0.39 is 6.10 Å². The van der Waals surface area contributed by atoms with E-state index in [0.717, 1.165) is 0 Å². The lowest BCUT2D eigenvalue weighted by Gasteiger charge is -2.01. The molecule has 1 N–H and O–H groups in total. The van der Waals surface area contributed by atoms with E-state index in [1.165, 1.54) is 0 Å². The summed E-state index contributed by atoms with van der Waals surface area (Å²) in [4.78, 5) is 0. The van der Waals surface area contributed by atoms with Crippen LogP contribution in [0.25, 0.3) is 0 Å². The molecule has 1 rings (SSSR count). The Balaban J connectivity index is 2.58. The maximum absolute atomic E-state index is 9.24. The molecule has 1 aromatic heterocycles. The van der Waals surface area contributed by atoms with E-state index in [9.17, 15) is 5.11 Å². The summed E-state index contributed by atoms with van der Waals surface area (Å²) in [5.74, 6) is 0.597. The largest absolute Gasteiger partial charge is 0.467 e. The Kier molecular flexibility index (Phi) is 2.29. The predicted molar refractivity (Wildman–Crippen MR) is 38.5 cm³/mol. The van der Waals surface area contributed by atoms with Gasteiger partial charge in [0.25, 0.3) is 0 Å². The molecule has 0 fully saturated rings. The van der Waals surface area contributed by atoms with Crippen LogP contribution in [-0.4, -0.2) is 5.11 Å². The minimum Gasteiger partial charge on any atom is -0.467 e. The SMILES string of the molecule is C=CC[C@@H](O)c1ccco1. The molecule has 0 aliphatic heterocycles. The van der Waals surface area contributed by atoms with E-state index >= 15 is 0 Å². The zero-order valence-electron chi connectivity index (χ0n) is 5.66. The molecule has 0 saturated carbocycles. The highest BCUT2D eigenvalue weighted by Gasteiger charge is 2.06. The molecule has 0 aliphatic carbocycles. The molecule has 0 aliphatic rings. The van der Waals surface area contributed by atoms with Crippen molar-refractivity contribution in [3.63, 3.8) is 0 Å². The van der Waals surface area contributed by atoms with Crippen molar-refractivity contribution in [1.82, 2.24) is 0 Å². The zero-order chi connectivity index (χ0) is 7.40. The summed E-state index contributed by atoms with van der Waals surface area (Å²) in [7, 11) is 0. The molecule has 1 atom stereocenters. The number of aliphatic hydroxyl groups excluding tert-OH is 1. The van der Waals surface area contributed by atoms with Crippen LogP contribution in [0.5, 0.6) is 0 Å². The van der Waals surface area contributed by atoms with Crippen molar-refractivity contribution in [2.24, 2.45) is 0 Å². The lowest BCUT2D eigenvalue weighted by atomic mass is 10.2. The van der Waals surface area contributed by atoms with Gasteiger partial charge in [0, 0.05) is 0 Å². The van der Waals surface area contributed by atoms with E-state index in [1.807, 2.05) is 0 Å². The highest BCUT2D eigenvalue weighted by Crippen LogP contribution is 2.16. The first kappa shape index (κ1) is 7.09. The molecule has 1 heterocycles. The van der Waals surface area contributed by atoms with Gasteiger partial charge in [0.2, 0.25) is 0 Å². The molecular formula is C8H10O2. The minimum atomic E-state index is -0.535. The van der Waals surface area contributed by atoms with Crippen molar-refractivity contribution in [3.8, 4) is 0 Å². The van der Waals surface area contributed by atoms with Crippen molar-refractivity contribution < 1.29 is 9.52 Å². The summed E-state index contributed by atoms with van der Waals surface area (Å²) in [5, 5.41) is 9.24. The van der Waals surface area contributed by atoms with E-state index in [0.29, 0.717) is 12.2 Å². The molecule has 0 radical (unpaired) electrons. The van der Waals surface area contributed by atoms with Crippen molar-refractivity contribution in [1.29, 1.82) is 0 Å². The van der Waals surface area contributed by atoms with Gasteiger partial charge in [-0.15, -0.1) is 6.58 Å². The Hall–Kier alpha value is -1.02. The summed E-state index contributed by atoms with van der Waals surface area (Å²) in [6.45, 7) is 3.51. The maximum atomic E-state index is 9.24. The molecule has 0 bridgehead atoms. The number of hydrogen-bond donors (Lipinski definition) is 1. The lowest BCUT2D eigenvalue weighted by Crippen LogP contribution is -1.91. The molecule has 0 amide bonds. The van der Waals surface area contributed by atoms with Crippen molar-refractivity contribution >= 4 is 0 Å². The van der Waals surface area contributed by atoms with Gasteiger partial charge in [-0.25, -0.2) is 0 Å². The molecule has 54 valence electrons. The van der Waals surface area contributed by atoms with Crippen LogP contribution in [0, 0.1) is 0 Å². The molecule has 2 nitrogen and oxygen atoms in total. The lowest BCUT2D eigenvalue weighted by molar-refractivity contribution is 0.153. The fraction of sp³-hybridized carbons (Fsp3) is 0.250. The summed E-state index contributed by atoms with van der Waals surface area (Å²) in [6, 6.07) is 3.50. The smallest absolute Gasteiger partial charge is 0.132 e. The molecular weight excluding hydrogens is 128 g/mol. The molecule has 0 unspecified atom stereocenters. The fourth-order valence-electron chi connectivity index (χ4n) is 0.755. The first-order valence-corrected chi connectivity index (χ1v) is 3.17. The Morgan fingerprint density at radius 1 is 1.80 bits per heavy atom. The van der Waals surface area contributed by atoms with Gasteiger partial charge < -0.3 is 9.52 Å². The van der Waals surface area contributed by atoms with E-state index in [-0.39, 0.29) is 0 Å². The number of aliphatic hydroxyl groups is 1. The van der Waals surface area contributed by atoms with Gasteiger partial charge in [-0.1, -0.05) is 6.08 Å². The van der Waals surface area contributed by atoms with Crippen LogP contribution in [-0.2, 0) is 0 Å². The van der Waals surface area contributed by atoms with Gasteiger partial charge in [-0.3, -0.25) is 0 Å². The van der Waals surface area contributed by atoms with E-state index in [4.69, 9.17) is 4.42 Å². The van der Waals surface area contributed by atoms with Crippen LogP contribution in [0.3, 0.4) is 0 Å². The predicted octanol–water partition coefficient (Wildman–Crippen LogP) is 1.89. The highest BCUT2D eigenvalue weighted by molar-refractivity contribution is 5.02. The highest BCUT2D eigenvalue weighted by atomic mass is 16.4. The molecule has 10 heavy (non-hydrogen) atoms. The third-order valence-corrected chi connectivity index (χ3v) is 1.26. The van der Waals surface area contributed by atoms with Crippen LogP contribution in [0.4, 0.5) is 0 Å². The fourth-order valence-corrected chi connectivity index (χ4v) is 0.755. The molecule has 1 aromatic rings. The first-order valence-electron chi connectivity index (χ1n) is 3.17. The average molecular weight is 138 g/mol. The second kappa shape index (κ2) is 3.22.